The van der Waals surface area contributed by atoms with Crippen LogP contribution in [0.2, 0.25) is 0 Å². The van der Waals surface area contributed by atoms with Gasteiger partial charge in [0.05, 0.1) is 13.2 Å². The van der Waals surface area contributed by atoms with E-state index in [1.165, 1.54) is 7.11 Å². The molecule has 4 heteroatoms. The van der Waals surface area contributed by atoms with E-state index in [0.717, 1.165) is 11.1 Å². The Morgan fingerprint density at radius 2 is 2.07 bits per heavy atom. The van der Waals surface area contributed by atoms with Crippen molar-refractivity contribution in [2.75, 3.05) is 20.8 Å². The Kier molecular flexibility index (Phi) is 4.80. The number of benzene rings is 1. The third kappa shape index (κ3) is 3.04. The van der Waals surface area contributed by atoms with Gasteiger partial charge in [-0.15, -0.1) is 0 Å². The third-order valence-electron chi connectivity index (χ3n) is 1.98. The van der Waals surface area contributed by atoms with Crippen molar-refractivity contribution in [3.8, 4) is 0 Å². The van der Waals surface area contributed by atoms with Crippen LogP contribution in [-0.4, -0.2) is 31.6 Å². The lowest BCUT2D eigenvalue weighted by atomic mass is 10.0. The summed E-state index contributed by atoms with van der Waals surface area (Å²) in [5.74, 6) is 0. The molecular formula is C11H15NO3. The van der Waals surface area contributed by atoms with Crippen molar-refractivity contribution in [2.45, 2.75) is 6.61 Å². The van der Waals surface area contributed by atoms with Gasteiger partial charge in [0.2, 0.25) is 0 Å². The summed E-state index contributed by atoms with van der Waals surface area (Å²) in [6.07, 6.45) is 0. The molecule has 15 heavy (non-hydrogen) atoms. The van der Waals surface area contributed by atoms with Crippen LogP contribution in [0.3, 0.4) is 0 Å². The van der Waals surface area contributed by atoms with Crippen LogP contribution in [-0.2, 0) is 16.2 Å². The van der Waals surface area contributed by atoms with Crippen LogP contribution >= 0.6 is 0 Å². The van der Waals surface area contributed by atoms with Gasteiger partial charge in [0.1, 0.15) is 12.8 Å². The highest BCUT2D eigenvalue weighted by atomic mass is 16.6. The number of hydrogen-bond donors (Lipinski definition) is 1. The average Bonchev–Trinajstić information content (AvgIpc) is 2.29. The van der Waals surface area contributed by atoms with Crippen molar-refractivity contribution in [3.05, 3.63) is 35.4 Å². The van der Waals surface area contributed by atoms with Gasteiger partial charge >= 0.3 is 0 Å². The molecule has 0 saturated heterocycles. The van der Waals surface area contributed by atoms with Gasteiger partial charge in [-0.3, -0.25) is 0 Å². The van der Waals surface area contributed by atoms with Gasteiger partial charge in [0, 0.05) is 12.7 Å². The Bertz CT molecular complexity index is 336. The maximum Gasteiger partial charge on any atom is 0.113 e. The van der Waals surface area contributed by atoms with E-state index in [4.69, 9.17) is 14.7 Å². The lowest BCUT2D eigenvalue weighted by Crippen LogP contribution is -2.12. The number of ether oxygens (including phenoxy) is 1. The Balaban J connectivity index is 3.04. The van der Waals surface area contributed by atoms with Gasteiger partial charge in [-0.25, -0.2) is 0 Å². The molecule has 1 N–H and O–H groups in total. The first-order valence-corrected chi connectivity index (χ1v) is 4.61. The third-order valence-corrected chi connectivity index (χ3v) is 1.98. The monoisotopic (exact) mass is 209 g/mol. The highest BCUT2D eigenvalue weighted by molar-refractivity contribution is 6.02. The maximum absolute atomic E-state index is 9.17. The maximum atomic E-state index is 9.17. The van der Waals surface area contributed by atoms with E-state index in [1.807, 2.05) is 24.3 Å². The summed E-state index contributed by atoms with van der Waals surface area (Å²) in [7, 11) is 3.07. The largest absolute Gasteiger partial charge is 0.399 e. The number of methoxy groups -OCH3 is 1. The van der Waals surface area contributed by atoms with Crippen LogP contribution in [0.1, 0.15) is 11.1 Å². The standard InChI is InChI=1S/C11H15NO3/c1-14-8-11(12-15-2)10-6-4-3-5-9(10)7-13/h3-6,13H,7-8H2,1-2H3. The minimum atomic E-state index is -0.0252. The fraction of sp³-hybridized carbons (Fsp3) is 0.364. The molecule has 0 spiro atoms. The summed E-state index contributed by atoms with van der Waals surface area (Å²) < 4.78 is 5.02. The Labute approximate surface area is 89.1 Å². The van der Waals surface area contributed by atoms with Crippen LogP contribution in [0, 0.1) is 0 Å². The fourth-order valence-corrected chi connectivity index (χ4v) is 1.34. The second-order valence-corrected chi connectivity index (χ2v) is 2.97. The van der Waals surface area contributed by atoms with Crippen LogP contribution < -0.4 is 0 Å². The van der Waals surface area contributed by atoms with Crippen LogP contribution in [0.5, 0.6) is 0 Å². The van der Waals surface area contributed by atoms with Gasteiger partial charge in [0.15, 0.2) is 0 Å². The zero-order valence-corrected chi connectivity index (χ0v) is 8.93. The molecule has 0 unspecified atom stereocenters. The molecule has 4 nitrogen and oxygen atoms in total. The highest BCUT2D eigenvalue weighted by Crippen LogP contribution is 2.10. The van der Waals surface area contributed by atoms with E-state index in [1.54, 1.807) is 7.11 Å². The van der Waals surface area contributed by atoms with E-state index in [2.05, 4.69) is 5.16 Å². The number of hydrogen-bond acceptors (Lipinski definition) is 4. The summed E-state index contributed by atoms with van der Waals surface area (Å²) >= 11 is 0. The van der Waals surface area contributed by atoms with E-state index >= 15 is 0 Å². The summed E-state index contributed by atoms with van der Waals surface area (Å²) in [6, 6.07) is 7.47. The Morgan fingerprint density at radius 3 is 2.67 bits per heavy atom. The molecule has 0 amide bonds. The van der Waals surface area contributed by atoms with Crippen molar-refractivity contribution in [2.24, 2.45) is 5.16 Å². The second-order valence-electron chi connectivity index (χ2n) is 2.97. The van der Waals surface area contributed by atoms with E-state index in [9.17, 15) is 0 Å². The summed E-state index contributed by atoms with van der Waals surface area (Å²) in [5, 5.41) is 13.0. The molecule has 0 atom stereocenters. The van der Waals surface area contributed by atoms with Crippen molar-refractivity contribution in [1.82, 2.24) is 0 Å². The molecule has 0 saturated carbocycles. The number of oxime groups is 1. The summed E-state index contributed by atoms with van der Waals surface area (Å²) in [5.41, 5.74) is 2.33. The second kappa shape index (κ2) is 6.16. The number of aliphatic hydroxyl groups excluding tert-OH is 1. The first-order valence-electron chi connectivity index (χ1n) is 4.61. The summed E-state index contributed by atoms with van der Waals surface area (Å²) in [4.78, 5) is 4.74. The lowest BCUT2D eigenvalue weighted by Gasteiger charge is -2.08. The van der Waals surface area contributed by atoms with E-state index < -0.39 is 0 Å². The molecule has 0 bridgehead atoms. The molecule has 0 fully saturated rings. The molecule has 0 aliphatic rings. The van der Waals surface area contributed by atoms with Gasteiger partial charge in [-0.1, -0.05) is 29.4 Å². The molecule has 0 aliphatic heterocycles. The molecule has 0 heterocycles. The lowest BCUT2D eigenvalue weighted by molar-refractivity contribution is 0.201. The Hall–Kier alpha value is -1.39. The van der Waals surface area contributed by atoms with Crippen LogP contribution in [0.4, 0.5) is 0 Å². The SMILES string of the molecule is COCC(=NOC)c1ccccc1CO. The number of rotatable bonds is 5. The zero-order chi connectivity index (χ0) is 11.1. The predicted octanol–water partition coefficient (Wildman–Crippen LogP) is 1.18. The summed E-state index contributed by atoms with van der Waals surface area (Å²) in [6.45, 7) is 0.327. The molecule has 0 aromatic heterocycles. The molecule has 1 rings (SSSR count). The first-order chi connectivity index (χ1) is 7.33. The van der Waals surface area contributed by atoms with Crippen molar-refractivity contribution in [3.63, 3.8) is 0 Å². The van der Waals surface area contributed by atoms with Gasteiger partial charge < -0.3 is 14.7 Å². The molecule has 1 aromatic rings. The number of aliphatic hydroxyl groups is 1. The zero-order valence-electron chi connectivity index (χ0n) is 8.93. The van der Waals surface area contributed by atoms with E-state index in [-0.39, 0.29) is 6.61 Å². The average molecular weight is 209 g/mol. The fourth-order valence-electron chi connectivity index (χ4n) is 1.34. The van der Waals surface area contributed by atoms with Crippen LogP contribution in [0.25, 0.3) is 0 Å². The van der Waals surface area contributed by atoms with Crippen molar-refractivity contribution < 1.29 is 14.7 Å². The van der Waals surface area contributed by atoms with Crippen molar-refractivity contribution in [1.29, 1.82) is 0 Å². The molecular weight excluding hydrogens is 194 g/mol. The number of nitrogens with zero attached hydrogens (tertiary/aromatic N) is 1. The predicted molar refractivity (Wildman–Crippen MR) is 57.8 cm³/mol. The molecule has 1 aromatic carbocycles. The topological polar surface area (TPSA) is 51.0 Å². The highest BCUT2D eigenvalue weighted by Gasteiger charge is 2.08. The van der Waals surface area contributed by atoms with Gasteiger partial charge in [-0.2, -0.15) is 0 Å². The molecule has 82 valence electrons. The van der Waals surface area contributed by atoms with Crippen molar-refractivity contribution >= 4 is 5.71 Å². The quantitative estimate of drug-likeness (QED) is 0.585. The smallest absolute Gasteiger partial charge is 0.113 e. The first kappa shape index (κ1) is 11.7. The van der Waals surface area contributed by atoms with Gasteiger partial charge in [0.25, 0.3) is 0 Å². The minimum absolute atomic E-state index is 0.0252. The van der Waals surface area contributed by atoms with E-state index in [0.29, 0.717) is 12.3 Å². The van der Waals surface area contributed by atoms with Crippen LogP contribution in [0.15, 0.2) is 29.4 Å². The Morgan fingerprint density at radius 1 is 1.33 bits per heavy atom. The normalized spacial score (nSPS) is 11.5. The van der Waals surface area contributed by atoms with Gasteiger partial charge in [-0.05, 0) is 5.56 Å². The molecule has 0 aliphatic carbocycles. The minimum Gasteiger partial charge on any atom is -0.399 e. The molecule has 0 radical (unpaired) electrons.